The van der Waals surface area contributed by atoms with Crippen molar-refractivity contribution in [2.24, 2.45) is 5.92 Å². The van der Waals surface area contributed by atoms with Crippen molar-refractivity contribution in [1.82, 2.24) is 14.7 Å². The van der Waals surface area contributed by atoms with Crippen LogP contribution in [0.4, 0.5) is 11.8 Å². The van der Waals surface area contributed by atoms with Gasteiger partial charge in [0, 0.05) is 35.9 Å². The zero-order valence-electron chi connectivity index (χ0n) is 19.5. The van der Waals surface area contributed by atoms with Crippen LogP contribution in [0.3, 0.4) is 0 Å². The monoisotopic (exact) mass is 471 g/mol. The molecule has 7 heteroatoms. The molecule has 0 radical (unpaired) electrons. The predicted molar refractivity (Wildman–Crippen MR) is 140 cm³/mol. The second-order valence-corrected chi connectivity index (χ2v) is 9.88. The number of aryl methyl sites for hydroxylation is 1. The van der Waals surface area contributed by atoms with Crippen molar-refractivity contribution in [3.05, 3.63) is 53.1 Å². The van der Waals surface area contributed by atoms with Gasteiger partial charge >= 0.3 is 0 Å². The van der Waals surface area contributed by atoms with Crippen LogP contribution < -0.4 is 14.9 Å². The Hall–Kier alpha value is -2.02. The van der Waals surface area contributed by atoms with Gasteiger partial charge in [-0.3, -0.25) is 4.72 Å². The van der Waals surface area contributed by atoms with Crippen molar-refractivity contribution in [2.45, 2.75) is 43.9 Å². The number of anilines is 2. The highest BCUT2D eigenvalue weighted by molar-refractivity contribution is 7.97. The topological polar surface area (TPSA) is 53.1 Å². The first-order chi connectivity index (χ1) is 15.5. The summed E-state index contributed by atoms with van der Waals surface area (Å²) in [6.45, 7) is 2.99. The summed E-state index contributed by atoms with van der Waals surface area (Å²) >= 11 is 7.47. The predicted octanol–water partition coefficient (Wildman–Crippen LogP) is 6.56. The van der Waals surface area contributed by atoms with Crippen molar-refractivity contribution in [1.29, 1.82) is 0 Å². The number of benzene rings is 2. The molecule has 1 aliphatic carbocycles. The van der Waals surface area contributed by atoms with E-state index in [0.29, 0.717) is 0 Å². The van der Waals surface area contributed by atoms with Gasteiger partial charge in [0.15, 0.2) is 0 Å². The molecule has 1 aliphatic rings. The molecule has 0 saturated heterocycles. The van der Waals surface area contributed by atoms with Gasteiger partial charge in [0.1, 0.15) is 5.82 Å². The minimum atomic E-state index is 0.753. The van der Waals surface area contributed by atoms with Gasteiger partial charge in [-0.05, 0) is 74.5 Å². The number of aromatic nitrogens is 2. The van der Waals surface area contributed by atoms with Gasteiger partial charge < -0.3 is 10.2 Å². The Morgan fingerprint density at radius 1 is 1.06 bits per heavy atom. The summed E-state index contributed by atoms with van der Waals surface area (Å²) in [6.07, 6.45) is 6.80. The molecule has 1 fully saturated rings. The van der Waals surface area contributed by atoms with Crippen LogP contribution in [0.5, 0.6) is 0 Å². The molecule has 2 N–H and O–H groups in total. The molecule has 0 bridgehead atoms. The molecular formula is C25H34ClN5S. The Bertz CT molecular complexity index is 1000. The molecule has 2 aromatic carbocycles. The fraction of sp³-hybridized carbons (Fsp3) is 0.440. The van der Waals surface area contributed by atoms with Crippen LogP contribution in [-0.2, 0) is 0 Å². The van der Waals surface area contributed by atoms with E-state index in [4.69, 9.17) is 11.6 Å². The van der Waals surface area contributed by atoms with Gasteiger partial charge in [-0.15, -0.1) is 0 Å². The summed E-state index contributed by atoms with van der Waals surface area (Å²) in [4.78, 5) is 12.5. The highest BCUT2D eigenvalue weighted by Crippen LogP contribution is 2.26. The number of hydrogen-bond acceptors (Lipinski definition) is 6. The van der Waals surface area contributed by atoms with Crippen molar-refractivity contribution in [3.8, 4) is 0 Å². The highest BCUT2D eigenvalue weighted by Gasteiger charge is 2.14. The SMILES string of the molecule is CN(C)c1nc(NCC2CCCCC2)nc2ccccc12.CNSc1ccc(C)c(Cl)c1. The van der Waals surface area contributed by atoms with Crippen LogP contribution in [-0.4, -0.2) is 37.7 Å². The molecule has 1 heterocycles. The Morgan fingerprint density at radius 3 is 2.50 bits per heavy atom. The second-order valence-electron chi connectivity index (χ2n) is 8.38. The van der Waals surface area contributed by atoms with E-state index in [1.165, 1.54) is 32.1 Å². The van der Waals surface area contributed by atoms with E-state index in [0.717, 1.165) is 50.6 Å². The van der Waals surface area contributed by atoms with Crippen LogP contribution in [0.1, 0.15) is 37.7 Å². The average Bonchev–Trinajstić information content (AvgIpc) is 2.81. The van der Waals surface area contributed by atoms with Gasteiger partial charge in [0.05, 0.1) is 5.52 Å². The zero-order chi connectivity index (χ0) is 22.9. The molecule has 32 heavy (non-hydrogen) atoms. The summed E-state index contributed by atoms with van der Waals surface area (Å²) in [5.41, 5.74) is 2.12. The Balaban J connectivity index is 0.000000222. The molecule has 0 aliphatic heterocycles. The molecule has 5 nitrogen and oxygen atoms in total. The van der Waals surface area contributed by atoms with Crippen molar-refractivity contribution in [2.75, 3.05) is 37.9 Å². The van der Waals surface area contributed by atoms with Crippen molar-refractivity contribution in [3.63, 3.8) is 0 Å². The lowest BCUT2D eigenvalue weighted by Gasteiger charge is -2.22. The summed E-state index contributed by atoms with van der Waals surface area (Å²) in [5, 5.41) is 5.38. The molecule has 3 aromatic rings. The van der Waals surface area contributed by atoms with Crippen molar-refractivity contribution >= 4 is 46.2 Å². The fourth-order valence-electron chi connectivity index (χ4n) is 3.86. The summed E-state index contributed by atoms with van der Waals surface area (Å²) in [6, 6.07) is 14.2. The quantitative estimate of drug-likeness (QED) is 0.397. The normalized spacial score (nSPS) is 14.0. The minimum absolute atomic E-state index is 0.753. The van der Waals surface area contributed by atoms with Gasteiger partial charge in [0.25, 0.3) is 0 Å². The maximum Gasteiger partial charge on any atom is 0.225 e. The lowest BCUT2D eigenvalue weighted by atomic mass is 9.89. The summed E-state index contributed by atoms with van der Waals surface area (Å²) in [7, 11) is 5.94. The Kier molecular flexibility index (Phi) is 9.45. The fourth-order valence-corrected chi connectivity index (χ4v) is 4.66. The first-order valence-corrected chi connectivity index (χ1v) is 12.4. The molecule has 0 atom stereocenters. The van der Waals surface area contributed by atoms with E-state index in [9.17, 15) is 0 Å². The number of para-hydroxylation sites is 1. The number of hydrogen-bond donors (Lipinski definition) is 2. The largest absolute Gasteiger partial charge is 0.362 e. The van der Waals surface area contributed by atoms with Gasteiger partial charge in [-0.25, -0.2) is 4.98 Å². The van der Waals surface area contributed by atoms with Gasteiger partial charge in [-0.2, -0.15) is 4.98 Å². The molecule has 1 aromatic heterocycles. The van der Waals surface area contributed by atoms with Crippen LogP contribution in [0.2, 0.25) is 5.02 Å². The van der Waals surface area contributed by atoms with Crippen LogP contribution in [0.15, 0.2) is 47.4 Å². The number of rotatable bonds is 6. The molecule has 0 unspecified atom stereocenters. The molecule has 0 amide bonds. The Labute approximate surface area is 201 Å². The number of nitrogens with zero attached hydrogens (tertiary/aromatic N) is 3. The van der Waals surface area contributed by atoms with E-state index in [2.05, 4.69) is 37.0 Å². The van der Waals surface area contributed by atoms with E-state index < -0.39 is 0 Å². The smallest absolute Gasteiger partial charge is 0.225 e. The highest BCUT2D eigenvalue weighted by atomic mass is 35.5. The zero-order valence-corrected chi connectivity index (χ0v) is 21.1. The van der Waals surface area contributed by atoms with E-state index >= 15 is 0 Å². The van der Waals surface area contributed by atoms with E-state index in [1.54, 1.807) is 11.9 Å². The third kappa shape index (κ3) is 6.99. The first-order valence-electron chi connectivity index (χ1n) is 11.3. The first kappa shape index (κ1) is 24.6. The van der Waals surface area contributed by atoms with E-state index in [-0.39, 0.29) is 0 Å². The number of nitrogens with one attached hydrogen (secondary N) is 2. The Morgan fingerprint density at radius 2 is 1.81 bits per heavy atom. The third-order valence-electron chi connectivity index (χ3n) is 5.64. The average molecular weight is 472 g/mol. The van der Waals surface area contributed by atoms with Crippen molar-refractivity contribution < 1.29 is 0 Å². The standard InChI is InChI=1S/C17H24N4.C8H10ClNS/c1-21(2)16-14-10-6-7-11-15(14)19-17(20-16)18-12-13-8-4-3-5-9-13;1-6-3-4-7(11-10-2)5-8(6)9/h6-7,10-11,13H,3-5,8-9,12H2,1-2H3,(H,18,19,20);3-5,10H,1-2H3. The maximum atomic E-state index is 5.91. The van der Waals surface area contributed by atoms with Crippen LogP contribution in [0, 0.1) is 12.8 Å². The number of halogens is 1. The third-order valence-corrected chi connectivity index (χ3v) is 6.74. The van der Waals surface area contributed by atoms with E-state index in [1.807, 2.05) is 58.4 Å². The lowest BCUT2D eigenvalue weighted by Crippen LogP contribution is -2.19. The lowest BCUT2D eigenvalue weighted by molar-refractivity contribution is 0.373. The molecule has 172 valence electrons. The van der Waals surface area contributed by atoms with Crippen LogP contribution >= 0.6 is 23.5 Å². The molecular weight excluding hydrogens is 438 g/mol. The summed E-state index contributed by atoms with van der Waals surface area (Å²) < 4.78 is 2.99. The minimum Gasteiger partial charge on any atom is -0.362 e. The second kappa shape index (κ2) is 12.3. The number of fused-ring (bicyclic) bond motifs is 1. The van der Waals surface area contributed by atoms with Gasteiger partial charge in [0.2, 0.25) is 5.95 Å². The molecule has 4 rings (SSSR count). The summed E-state index contributed by atoms with van der Waals surface area (Å²) in [5.74, 6) is 2.51. The molecule has 0 spiro atoms. The molecule has 1 saturated carbocycles. The van der Waals surface area contributed by atoms with Crippen LogP contribution in [0.25, 0.3) is 10.9 Å². The van der Waals surface area contributed by atoms with Gasteiger partial charge in [-0.1, -0.05) is 49.1 Å². The maximum absolute atomic E-state index is 5.91.